The molecule has 20 heavy (non-hydrogen) atoms. The molecule has 0 radical (unpaired) electrons. The molecule has 0 fully saturated rings. The molecule has 1 aromatic heterocycles. The molecule has 1 heterocycles. The molecule has 0 saturated heterocycles. The van der Waals surface area contributed by atoms with Crippen LogP contribution < -0.4 is 10.6 Å². The number of hydrogen-bond donors (Lipinski definition) is 2. The largest absolute Gasteiger partial charge is 0.373 e. The summed E-state index contributed by atoms with van der Waals surface area (Å²) in [4.78, 5) is 8.71. The van der Waals surface area contributed by atoms with Crippen LogP contribution in [-0.2, 0) is 6.42 Å². The van der Waals surface area contributed by atoms with Crippen LogP contribution in [-0.4, -0.2) is 23.1 Å². The number of nitrogens with zero attached hydrogens (tertiary/aromatic N) is 2. The van der Waals surface area contributed by atoms with Gasteiger partial charge in [-0.15, -0.1) is 0 Å². The van der Waals surface area contributed by atoms with E-state index in [1.807, 2.05) is 26.1 Å². The number of nitrogens with one attached hydrogen (secondary N) is 2. The van der Waals surface area contributed by atoms with E-state index in [4.69, 9.17) is 0 Å². The van der Waals surface area contributed by atoms with Crippen LogP contribution in [0.4, 0.5) is 11.6 Å². The average Bonchev–Trinajstić information content (AvgIpc) is 2.45. The van der Waals surface area contributed by atoms with E-state index in [1.54, 1.807) is 0 Å². The van der Waals surface area contributed by atoms with Crippen LogP contribution in [0, 0.1) is 6.92 Å². The molecule has 4 nitrogen and oxygen atoms in total. The van der Waals surface area contributed by atoms with Crippen molar-refractivity contribution in [1.82, 2.24) is 9.97 Å². The lowest BCUT2D eigenvalue weighted by Crippen LogP contribution is -2.17. The Hall–Kier alpha value is -2.10. The fourth-order valence-corrected chi connectivity index (χ4v) is 2.12. The predicted octanol–water partition coefficient (Wildman–Crippen LogP) is 3.26. The summed E-state index contributed by atoms with van der Waals surface area (Å²) >= 11 is 0. The highest BCUT2D eigenvalue weighted by Crippen LogP contribution is 2.13. The Morgan fingerprint density at radius 3 is 2.50 bits per heavy atom. The maximum Gasteiger partial charge on any atom is 0.132 e. The molecule has 4 heteroatoms. The summed E-state index contributed by atoms with van der Waals surface area (Å²) in [5.74, 6) is 2.49. The first-order valence-corrected chi connectivity index (χ1v) is 7.01. The molecule has 106 valence electrons. The van der Waals surface area contributed by atoms with E-state index >= 15 is 0 Å². The fraction of sp³-hybridized carbons (Fsp3) is 0.375. The lowest BCUT2D eigenvalue weighted by molar-refractivity contribution is 0.702. The van der Waals surface area contributed by atoms with E-state index in [0.29, 0.717) is 6.04 Å². The van der Waals surface area contributed by atoms with Gasteiger partial charge >= 0.3 is 0 Å². The third kappa shape index (κ3) is 4.23. The summed E-state index contributed by atoms with van der Waals surface area (Å²) in [6.45, 7) is 4.08. The summed E-state index contributed by atoms with van der Waals surface area (Å²) in [7, 11) is 1.87. The van der Waals surface area contributed by atoms with Crippen LogP contribution in [0.25, 0.3) is 0 Å². The topological polar surface area (TPSA) is 49.8 Å². The molecule has 2 aromatic rings. The monoisotopic (exact) mass is 270 g/mol. The van der Waals surface area contributed by atoms with Crippen LogP contribution >= 0.6 is 0 Å². The van der Waals surface area contributed by atoms with Gasteiger partial charge in [-0.25, -0.2) is 9.97 Å². The quantitative estimate of drug-likeness (QED) is 0.846. The van der Waals surface area contributed by atoms with E-state index < -0.39 is 0 Å². The van der Waals surface area contributed by atoms with Crippen LogP contribution in [0.3, 0.4) is 0 Å². The van der Waals surface area contributed by atoms with Gasteiger partial charge in [0.05, 0.1) is 0 Å². The Balaban J connectivity index is 1.91. The Labute approximate surface area is 120 Å². The minimum absolute atomic E-state index is 0.370. The normalized spacial score (nSPS) is 11.9. The van der Waals surface area contributed by atoms with Gasteiger partial charge in [0.2, 0.25) is 0 Å². The van der Waals surface area contributed by atoms with Crippen molar-refractivity contribution >= 4 is 11.6 Å². The summed E-state index contributed by atoms with van der Waals surface area (Å²) in [5, 5.41) is 6.48. The number of aryl methyl sites for hydroxylation is 2. The first kappa shape index (κ1) is 14.3. The highest BCUT2D eigenvalue weighted by molar-refractivity contribution is 5.47. The van der Waals surface area contributed by atoms with Gasteiger partial charge in [0, 0.05) is 19.2 Å². The first-order valence-electron chi connectivity index (χ1n) is 7.01. The number of anilines is 2. The maximum absolute atomic E-state index is 4.41. The van der Waals surface area contributed by atoms with Crippen LogP contribution in [0.5, 0.6) is 0 Å². The molecule has 0 saturated carbocycles. The zero-order chi connectivity index (χ0) is 14.4. The van der Waals surface area contributed by atoms with E-state index in [9.17, 15) is 0 Å². The standard InChI is InChI=1S/C16H22N4/c1-12(9-10-14-7-5-4-6-8-14)18-16-11-15(17-3)19-13(2)20-16/h4-8,11-12H,9-10H2,1-3H3,(H2,17,18,19,20). The van der Waals surface area contributed by atoms with Gasteiger partial charge in [-0.3, -0.25) is 0 Å². The highest BCUT2D eigenvalue weighted by Gasteiger charge is 2.06. The first-order chi connectivity index (χ1) is 9.67. The summed E-state index contributed by atoms with van der Waals surface area (Å²) < 4.78 is 0. The van der Waals surface area contributed by atoms with Gasteiger partial charge in [-0.2, -0.15) is 0 Å². The lowest BCUT2D eigenvalue weighted by atomic mass is 10.1. The predicted molar refractivity (Wildman–Crippen MR) is 84.2 cm³/mol. The van der Waals surface area contributed by atoms with Crippen molar-refractivity contribution in [3.05, 3.63) is 47.8 Å². The Morgan fingerprint density at radius 1 is 1.10 bits per heavy atom. The third-order valence-corrected chi connectivity index (χ3v) is 3.20. The summed E-state index contributed by atoms with van der Waals surface area (Å²) in [5.41, 5.74) is 1.37. The van der Waals surface area contributed by atoms with Crippen LogP contribution in [0.2, 0.25) is 0 Å². The summed E-state index contributed by atoms with van der Waals surface area (Å²) in [6, 6.07) is 12.9. The molecule has 0 aliphatic rings. The average molecular weight is 270 g/mol. The van der Waals surface area contributed by atoms with E-state index in [-0.39, 0.29) is 0 Å². The molecule has 2 N–H and O–H groups in total. The van der Waals surface area contributed by atoms with Gasteiger partial charge in [-0.1, -0.05) is 30.3 Å². The lowest BCUT2D eigenvalue weighted by Gasteiger charge is -2.15. The molecule has 1 unspecified atom stereocenters. The summed E-state index contributed by atoms with van der Waals surface area (Å²) in [6.07, 6.45) is 2.14. The zero-order valence-electron chi connectivity index (χ0n) is 12.4. The number of hydrogen-bond acceptors (Lipinski definition) is 4. The van der Waals surface area contributed by atoms with Crippen LogP contribution in [0.1, 0.15) is 24.7 Å². The molecule has 0 amide bonds. The van der Waals surface area contributed by atoms with Crippen molar-refractivity contribution in [2.75, 3.05) is 17.7 Å². The van der Waals surface area contributed by atoms with E-state index in [1.165, 1.54) is 5.56 Å². The van der Waals surface area contributed by atoms with Gasteiger partial charge in [0.15, 0.2) is 0 Å². The van der Waals surface area contributed by atoms with Crippen LogP contribution in [0.15, 0.2) is 36.4 Å². The minimum atomic E-state index is 0.370. The molecule has 0 aliphatic carbocycles. The van der Waals surface area contributed by atoms with Gasteiger partial charge in [0.1, 0.15) is 17.5 Å². The van der Waals surface area contributed by atoms with Gasteiger partial charge in [-0.05, 0) is 32.3 Å². The van der Waals surface area contributed by atoms with Crippen molar-refractivity contribution in [1.29, 1.82) is 0 Å². The highest BCUT2D eigenvalue weighted by atomic mass is 15.1. The zero-order valence-corrected chi connectivity index (χ0v) is 12.4. The maximum atomic E-state index is 4.41. The SMILES string of the molecule is CNc1cc(NC(C)CCc2ccccc2)nc(C)n1. The Morgan fingerprint density at radius 2 is 1.80 bits per heavy atom. The molecule has 1 aromatic carbocycles. The molecule has 0 spiro atoms. The molecule has 2 rings (SSSR count). The molecule has 0 aliphatic heterocycles. The number of aromatic nitrogens is 2. The Bertz CT molecular complexity index is 539. The Kier molecular flexibility index (Phi) is 4.93. The van der Waals surface area contributed by atoms with Crippen molar-refractivity contribution in [2.45, 2.75) is 32.7 Å². The molecule has 0 bridgehead atoms. The van der Waals surface area contributed by atoms with Crippen molar-refractivity contribution in [3.63, 3.8) is 0 Å². The smallest absolute Gasteiger partial charge is 0.132 e. The van der Waals surface area contributed by atoms with E-state index in [0.717, 1.165) is 30.3 Å². The molecular formula is C16H22N4. The fourth-order valence-electron chi connectivity index (χ4n) is 2.12. The molecule has 1 atom stereocenters. The number of rotatable bonds is 6. The van der Waals surface area contributed by atoms with E-state index in [2.05, 4.69) is 51.8 Å². The second kappa shape index (κ2) is 6.89. The minimum Gasteiger partial charge on any atom is -0.373 e. The van der Waals surface area contributed by atoms with Gasteiger partial charge < -0.3 is 10.6 Å². The van der Waals surface area contributed by atoms with Crippen molar-refractivity contribution < 1.29 is 0 Å². The molecular weight excluding hydrogens is 248 g/mol. The second-order valence-electron chi connectivity index (χ2n) is 5.01. The van der Waals surface area contributed by atoms with Crippen molar-refractivity contribution in [3.8, 4) is 0 Å². The third-order valence-electron chi connectivity index (χ3n) is 3.20. The van der Waals surface area contributed by atoms with Gasteiger partial charge in [0.25, 0.3) is 0 Å². The number of benzene rings is 1. The van der Waals surface area contributed by atoms with Crippen molar-refractivity contribution in [2.24, 2.45) is 0 Å². The second-order valence-corrected chi connectivity index (χ2v) is 5.01.